The second kappa shape index (κ2) is 7.81. The second-order valence-electron chi connectivity index (χ2n) is 4.05. The van der Waals surface area contributed by atoms with Crippen molar-refractivity contribution in [3.05, 3.63) is 0 Å². The maximum absolute atomic E-state index is 6.03. The molecular weight excluding hydrogens is 323 g/mol. The van der Waals surface area contributed by atoms with E-state index in [1.54, 1.807) is 14.2 Å². The summed E-state index contributed by atoms with van der Waals surface area (Å²) in [5.74, 6) is 0. The molecule has 16 heavy (non-hydrogen) atoms. The molecule has 0 saturated carbocycles. The van der Waals surface area contributed by atoms with Crippen molar-refractivity contribution in [3.8, 4) is 0 Å². The molecule has 0 N–H and O–H groups in total. The Labute approximate surface area is 111 Å². The van der Waals surface area contributed by atoms with Crippen LogP contribution in [0.2, 0.25) is 0 Å². The van der Waals surface area contributed by atoms with Crippen LogP contribution in [-0.2, 0) is 18.9 Å². The smallest absolute Gasteiger partial charge is 0.104 e. The van der Waals surface area contributed by atoms with Gasteiger partial charge >= 0.3 is 0 Å². The largest absolute Gasteiger partial charge is 0.382 e. The van der Waals surface area contributed by atoms with Crippen LogP contribution in [0.15, 0.2) is 0 Å². The molecule has 1 heterocycles. The zero-order valence-corrected chi connectivity index (χ0v) is 12.2. The Bertz CT molecular complexity index is 183. The Balaban J connectivity index is 2.36. The molecule has 0 aromatic heterocycles. The van der Waals surface area contributed by atoms with E-state index in [0.717, 1.165) is 30.5 Å². The van der Waals surface area contributed by atoms with Gasteiger partial charge in [0.25, 0.3) is 0 Å². The van der Waals surface area contributed by atoms with Gasteiger partial charge in [0.15, 0.2) is 0 Å². The normalized spacial score (nSPS) is 21.9. The molecule has 1 unspecified atom stereocenters. The summed E-state index contributed by atoms with van der Waals surface area (Å²) < 4.78 is 22.8. The van der Waals surface area contributed by atoms with Gasteiger partial charge in [-0.25, -0.2) is 0 Å². The third-order valence-electron chi connectivity index (χ3n) is 2.91. The van der Waals surface area contributed by atoms with Crippen LogP contribution in [0.1, 0.15) is 12.8 Å². The third-order valence-corrected chi connectivity index (χ3v) is 4.30. The molecule has 1 fully saturated rings. The molecule has 0 aliphatic carbocycles. The highest BCUT2D eigenvalue weighted by Crippen LogP contribution is 2.27. The van der Waals surface area contributed by atoms with Gasteiger partial charge in [-0.15, -0.1) is 0 Å². The average molecular weight is 344 g/mol. The van der Waals surface area contributed by atoms with Crippen LogP contribution in [0.5, 0.6) is 0 Å². The molecule has 5 heteroatoms. The predicted molar refractivity (Wildman–Crippen MR) is 70.3 cm³/mol. The first-order valence-corrected chi connectivity index (χ1v) is 7.08. The standard InChI is InChI=1S/C11H21IO4/c1-13-7-10(14-2)8-16-11(9-12)3-5-15-6-4-11/h10H,3-9H2,1-2H3. The highest BCUT2D eigenvalue weighted by atomic mass is 127. The van der Waals surface area contributed by atoms with Crippen molar-refractivity contribution in [2.45, 2.75) is 24.5 Å². The summed E-state index contributed by atoms with van der Waals surface area (Å²) in [6, 6.07) is 0. The van der Waals surface area contributed by atoms with Crippen molar-refractivity contribution >= 4 is 22.6 Å². The number of hydrogen-bond donors (Lipinski definition) is 0. The fourth-order valence-electron chi connectivity index (χ4n) is 1.70. The first-order valence-electron chi connectivity index (χ1n) is 5.56. The molecule has 0 radical (unpaired) electrons. The number of ether oxygens (including phenoxy) is 4. The van der Waals surface area contributed by atoms with Gasteiger partial charge in [-0.3, -0.25) is 0 Å². The van der Waals surface area contributed by atoms with Crippen LogP contribution >= 0.6 is 22.6 Å². The Morgan fingerprint density at radius 3 is 2.44 bits per heavy atom. The van der Waals surface area contributed by atoms with Crippen molar-refractivity contribution in [2.75, 3.05) is 45.1 Å². The third kappa shape index (κ3) is 4.44. The topological polar surface area (TPSA) is 36.9 Å². The lowest BCUT2D eigenvalue weighted by Crippen LogP contribution is -2.43. The minimum atomic E-state index is -0.0245. The molecule has 1 atom stereocenters. The van der Waals surface area contributed by atoms with E-state index in [4.69, 9.17) is 18.9 Å². The number of hydrogen-bond acceptors (Lipinski definition) is 4. The highest BCUT2D eigenvalue weighted by molar-refractivity contribution is 14.1. The Kier molecular flexibility index (Phi) is 7.14. The fourth-order valence-corrected chi connectivity index (χ4v) is 2.68. The van der Waals surface area contributed by atoms with E-state index in [-0.39, 0.29) is 11.7 Å². The van der Waals surface area contributed by atoms with Crippen LogP contribution in [0, 0.1) is 0 Å². The summed E-state index contributed by atoms with van der Waals surface area (Å²) in [5, 5.41) is 0. The van der Waals surface area contributed by atoms with Gasteiger partial charge in [0.2, 0.25) is 0 Å². The van der Waals surface area contributed by atoms with E-state index >= 15 is 0 Å². The maximum atomic E-state index is 6.03. The van der Waals surface area contributed by atoms with Crippen molar-refractivity contribution in [2.24, 2.45) is 0 Å². The van der Waals surface area contributed by atoms with Gasteiger partial charge in [0.1, 0.15) is 6.10 Å². The van der Waals surface area contributed by atoms with E-state index in [1.807, 2.05) is 0 Å². The quantitative estimate of drug-likeness (QED) is 0.520. The summed E-state index contributed by atoms with van der Waals surface area (Å²) in [6.45, 7) is 2.76. The number of methoxy groups -OCH3 is 2. The lowest BCUT2D eigenvalue weighted by atomic mass is 9.97. The van der Waals surface area contributed by atoms with Crippen molar-refractivity contribution in [1.82, 2.24) is 0 Å². The molecule has 0 spiro atoms. The van der Waals surface area contributed by atoms with Gasteiger partial charge in [0.05, 0.1) is 18.8 Å². The zero-order chi connectivity index (χ0) is 11.9. The van der Waals surface area contributed by atoms with E-state index in [2.05, 4.69) is 22.6 Å². The van der Waals surface area contributed by atoms with E-state index in [0.29, 0.717) is 13.2 Å². The van der Waals surface area contributed by atoms with Crippen LogP contribution in [0.25, 0.3) is 0 Å². The van der Waals surface area contributed by atoms with Crippen LogP contribution < -0.4 is 0 Å². The average Bonchev–Trinajstić information content (AvgIpc) is 2.35. The number of halogens is 1. The Morgan fingerprint density at radius 1 is 1.25 bits per heavy atom. The minimum Gasteiger partial charge on any atom is -0.382 e. The SMILES string of the molecule is COCC(COC1(CI)CCOCC1)OC. The molecule has 0 aromatic carbocycles. The molecule has 1 aliphatic heterocycles. The molecule has 0 aromatic rings. The van der Waals surface area contributed by atoms with Gasteiger partial charge < -0.3 is 18.9 Å². The van der Waals surface area contributed by atoms with Crippen LogP contribution in [0.3, 0.4) is 0 Å². The van der Waals surface area contributed by atoms with Crippen molar-refractivity contribution in [1.29, 1.82) is 0 Å². The van der Waals surface area contributed by atoms with E-state index in [9.17, 15) is 0 Å². The summed E-state index contributed by atoms with van der Waals surface area (Å²) in [5.41, 5.74) is -0.0245. The minimum absolute atomic E-state index is 0.0210. The van der Waals surface area contributed by atoms with Gasteiger partial charge in [-0.1, -0.05) is 22.6 Å². The highest BCUT2D eigenvalue weighted by Gasteiger charge is 2.33. The summed E-state index contributed by atoms with van der Waals surface area (Å²) in [7, 11) is 3.36. The molecule has 96 valence electrons. The summed E-state index contributed by atoms with van der Waals surface area (Å²) >= 11 is 2.39. The van der Waals surface area contributed by atoms with E-state index in [1.165, 1.54) is 0 Å². The Hall–Kier alpha value is 0.570. The molecule has 0 amide bonds. The predicted octanol–water partition coefficient (Wildman–Crippen LogP) is 1.65. The first kappa shape index (κ1) is 14.6. The molecule has 1 aliphatic rings. The van der Waals surface area contributed by atoms with Crippen molar-refractivity contribution < 1.29 is 18.9 Å². The van der Waals surface area contributed by atoms with Crippen LogP contribution in [0.4, 0.5) is 0 Å². The molecule has 4 nitrogen and oxygen atoms in total. The molecule has 1 rings (SSSR count). The lowest BCUT2D eigenvalue weighted by Gasteiger charge is -2.36. The van der Waals surface area contributed by atoms with Crippen molar-refractivity contribution in [3.63, 3.8) is 0 Å². The van der Waals surface area contributed by atoms with Crippen LogP contribution in [-0.4, -0.2) is 56.8 Å². The van der Waals surface area contributed by atoms with Gasteiger partial charge in [-0.05, 0) is 0 Å². The number of rotatable bonds is 7. The fraction of sp³-hybridized carbons (Fsp3) is 1.00. The summed E-state index contributed by atoms with van der Waals surface area (Å²) in [6.07, 6.45) is 1.96. The first-order chi connectivity index (χ1) is 7.76. The maximum Gasteiger partial charge on any atom is 0.104 e. The van der Waals surface area contributed by atoms with Gasteiger partial charge in [-0.2, -0.15) is 0 Å². The molecule has 0 bridgehead atoms. The van der Waals surface area contributed by atoms with Gasteiger partial charge in [0, 0.05) is 44.7 Å². The number of alkyl halides is 1. The van der Waals surface area contributed by atoms with E-state index < -0.39 is 0 Å². The monoisotopic (exact) mass is 344 g/mol. The molecule has 1 saturated heterocycles. The Morgan fingerprint density at radius 2 is 1.94 bits per heavy atom. The summed E-state index contributed by atoms with van der Waals surface area (Å²) in [4.78, 5) is 0. The zero-order valence-electron chi connectivity index (χ0n) is 10.0. The second-order valence-corrected chi connectivity index (χ2v) is 4.82. The molecular formula is C11H21IO4. The lowest BCUT2D eigenvalue weighted by molar-refractivity contribution is -0.127.